The van der Waals surface area contributed by atoms with Gasteiger partial charge in [0.2, 0.25) is 10.0 Å². The molecular formula is C11H21NO4S. The van der Waals surface area contributed by atoms with Crippen LogP contribution in [0.5, 0.6) is 0 Å². The van der Waals surface area contributed by atoms with Gasteiger partial charge in [0.25, 0.3) is 0 Å². The molecule has 0 aliphatic heterocycles. The van der Waals surface area contributed by atoms with Gasteiger partial charge in [-0.25, -0.2) is 8.42 Å². The first-order chi connectivity index (χ1) is 7.75. The smallest absolute Gasteiger partial charge is 0.318 e. The van der Waals surface area contributed by atoms with E-state index in [1.54, 1.807) is 0 Å². The molecule has 1 rings (SSSR count). The van der Waals surface area contributed by atoms with E-state index in [4.69, 9.17) is 5.11 Å². The number of hydrogen-bond acceptors (Lipinski definition) is 3. The molecule has 17 heavy (non-hydrogen) atoms. The van der Waals surface area contributed by atoms with Crippen LogP contribution in [0.15, 0.2) is 0 Å². The molecule has 0 radical (unpaired) electrons. The molecule has 1 fully saturated rings. The largest absolute Gasteiger partial charge is 0.480 e. The van der Waals surface area contributed by atoms with Gasteiger partial charge in [-0.1, -0.05) is 26.2 Å². The lowest BCUT2D eigenvalue weighted by Gasteiger charge is -2.34. The van der Waals surface area contributed by atoms with Gasteiger partial charge in [0.05, 0.1) is 5.75 Å². The van der Waals surface area contributed by atoms with E-state index >= 15 is 0 Å². The lowest BCUT2D eigenvalue weighted by Crippen LogP contribution is -2.39. The Balaban J connectivity index is 2.68. The highest BCUT2D eigenvalue weighted by molar-refractivity contribution is 7.89. The molecule has 0 unspecified atom stereocenters. The van der Waals surface area contributed by atoms with Crippen LogP contribution >= 0.6 is 0 Å². The van der Waals surface area contributed by atoms with E-state index in [9.17, 15) is 13.2 Å². The molecule has 0 aromatic heterocycles. The number of nitrogens with zero attached hydrogens (tertiary/aromatic N) is 1. The van der Waals surface area contributed by atoms with Gasteiger partial charge in [0.1, 0.15) is 6.54 Å². The second kappa shape index (κ2) is 5.35. The van der Waals surface area contributed by atoms with Crippen molar-refractivity contribution in [2.24, 2.45) is 5.41 Å². The van der Waals surface area contributed by atoms with Crippen molar-refractivity contribution in [2.75, 3.05) is 19.3 Å². The average Bonchev–Trinajstić information content (AvgIpc) is 2.15. The van der Waals surface area contributed by atoms with Crippen LogP contribution in [0.25, 0.3) is 0 Å². The summed E-state index contributed by atoms with van der Waals surface area (Å²) in [6, 6.07) is 0. The molecule has 5 nitrogen and oxygen atoms in total. The first-order valence-electron chi connectivity index (χ1n) is 5.91. The summed E-state index contributed by atoms with van der Waals surface area (Å²) in [6.45, 7) is 1.52. The van der Waals surface area contributed by atoms with Crippen molar-refractivity contribution < 1.29 is 18.3 Å². The molecule has 1 N–H and O–H groups in total. The standard InChI is InChI=1S/C11H21NO4S/c1-11(6-4-3-5-7-11)9-17(15,16)12(2)8-10(13)14/h3-9H2,1-2H3,(H,13,14). The van der Waals surface area contributed by atoms with E-state index < -0.39 is 22.5 Å². The van der Waals surface area contributed by atoms with Crippen molar-refractivity contribution in [1.82, 2.24) is 4.31 Å². The monoisotopic (exact) mass is 263 g/mol. The van der Waals surface area contributed by atoms with Crippen molar-refractivity contribution >= 4 is 16.0 Å². The fourth-order valence-corrected chi connectivity index (χ4v) is 4.09. The fourth-order valence-electron chi connectivity index (χ4n) is 2.39. The van der Waals surface area contributed by atoms with Crippen LogP contribution < -0.4 is 0 Å². The number of rotatable bonds is 5. The highest BCUT2D eigenvalue weighted by Crippen LogP contribution is 2.37. The quantitative estimate of drug-likeness (QED) is 0.811. The molecule has 1 aliphatic carbocycles. The molecule has 1 aliphatic rings. The first-order valence-corrected chi connectivity index (χ1v) is 7.52. The van der Waals surface area contributed by atoms with Crippen LogP contribution in [0.2, 0.25) is 0 Å². The number of carboxylic acid groups (broad SMARTS) is 1. The van der Waals surface area contributed by atoms with Crippen LogP contribution in [-0.2, 0) is 14.8 Å². The molecule has 1 saturated carbocycles. The third-order valence-corrected chi connectivity index (χ3v) is 5.56. The van der Waals surface area contributed by atoms with Crippen LogP contribution in [0.4, 0.5) is 0 Å². The number of aliphatic carboxylic acids is 1. The molecule has 0 spiro atoms. The van der Waals surface area contributed by atoms with Gasteiger partial charge in [-0.3, -0.25) is 4.79 Å². The van der Waals surface area contributed by atoms with Crippen LogP contribution in [-0.4, -0.2) is 43.1 Å². The van der Waals surface area contributed by atoms with Gasteiger partial charge >= 0.3 is 5.97 Å². The minimum Gasteiger partial charge on any atom is -0.480 e. The second-order valence-corrected chi connectivity index (χ2v) is 7.35. The summed E-state index contributed by atoms with van der Waals surface area (Å²) < 4.78 is 24.9. The molecule has 0 amide bonds. The summed E-state index contributed by atoms with van der Waals surface area (Å²) in [5.74, 6) is -1.06. The first kappa shape index (κ1) is 14.4. The van der Waals surface area contributed by atoms with E-state index in [1.165, 1.54) is 13.5 Å². The zero-order chi connectivity index (χ0) is 13.1. The Morgan fingerprint density at radius 2 is 1.82 bits per heavy atom. The third-order valence-electron chi connectivity index (χ3n) is 3.42. The minimum absolute atomic E-state index is 0.0593. The molecule has 0 aromatic rings. The highest BCUT2D eigenvalue weighted by atomic mass is 32.2. The maximum atomic E-state index is 12.0. The molecule has 0 bridgehead atoms. The maximum absolute atomic E-state index is 12.0. The second-order valence-electron chi connectivity index (χ2n) is 5.28. The summed E-state index contributed by atoms with van der Waals surface area (Å²) in [5.41, 5.74) is -0.191. The average molecular weight is 263 g/mol. The lowest BCUT2D eigenvalue weighted by molar-refractivity contribution is -0.137. The van der Waals surface area contributed by atoms with Crippen molar-refractivity contribution in [3.05, 3.63) is 0 Å². The molecule has 0 atom stereocenters. The highest BCUT2D eigenvalue weighted by Gasteiger charge is 2.34. The summed E-state index contributed by atoms with van der Waals surface area (Å²) in [4.78, 5) is 10.5. The van der Waals surface area contributed by atoms with E-state index in [0.717, 1.165) is 30.0 Å². The predicted molar refractivity (Wildman–Crippen MR) is 65.2 cm³/mol. The number of carbonyl (C=O) groups is 1. The van der Waals surface area contributed by atoms with Gasteiger partial charge in [0.15, 0.2) is 0 Å². The molecule has 0 aromatic carbocycles. The lowest BCUT2D eigenvalue weighted by atomic mass is 9.77. The molecule has 0 heterocycles. The van der Waals surface area contributed by atoms with Gasteiger partial charge in [0, 0.05) is 7.05 Å². The molecule has 100 valence electrons. The van der Waals surface area contributed by atoms with E-state index in [-0.39, 0.29) is 11.2 Å². The van der Waals surface area contributed by atoms with Crippen LogP contribution in [0.3, 0.4) is 0 Å². The van der Waals surface area contributed by atoms with Crippen molar-refractivity contribution in [3.8, 4) is 0 Å². The topological polar surface area (TPSA) is 74.7 Å². The number of carboxylic acids is 1. The molecule has 6 heteroatoms. The van der Waals surface area contributed by atoms with Crippen LogP contribution in [0.1, 0.15) is 39.0 Å². The van der Waals surface area contributed by atoms with Crippen molar-refractivity contribution in [3.63, 3.8) is 0 Å². The summed E-state index contributed by atoms with van der Waals surface area (Å²) in [6.07, 6.45) is 5.12. The third kappa shape index (κ3) is 4.27. The van der Waals surface area contributed by atoms with Crippen LogP contribution in [0, 0.1) is 5.41 Å². The van der Waals surface area contributed by atoms with Gasteiger partial charge in [-0.05, 0) is 18.3 Å². The van der Waals surface area contributed by atoms with Crippen molar-refractivity contribution in [2.45, 2.75) is 39.0 Å². The van der Waals surface area contributed by atoms with Gasteiger partial charge < -0.3 is 5.11 Å². The number of hydrogen-bond donors (Lipinski definition) is 1. The zero-order valence-electron chi connectivity index (χ0n) is 10.5. The summed E-state index contributed by atoms with van der Waals surface area (Å²) in [7, 11) is -2.13. The van der Waals surface area contributed by atoms with Crippen molar-refractivity contribution in [1.29, 1.82) is 0 Å². The zero-order valence-corrected chi connectivity index (χ0v) is 11.3. The van der Waals surface area contributed by atoms with E-state index in [1.807, 2.05) is 6.92 Å². The summed E-state index contributed by atoms with van der Waals surface area (Å²) in [5, 5.41) is 8.61. The maximum Gasteiger partial charge on any atom is 0.318 e. The Kier molecular flexibility index (Phi) is 4.55. The Morgan fingerprint density at radius 3 is 2.29 bits per heavy atom. The normalized spacial score (nSPS) is 20.4. The number of sulfonamides is 1. The van der Waals surface area contributed by atoms with Gasteiger partial charge in [-0.2, -0.15) is 4.31 Å². The Morgan fingerprint density at radius 1 is 1.29 bits per heavy atom. The predicted octanol–water partition coefficient (Wildman–Crippen LogP) is 1.30. The fraction of sp³-hybridized carbons (Fsp3) is 0.909. The van der Waals surface area contributed by atoms with E-state index in [0.29, 0.717) is 0 Å². The number of likely N-dealkylation sites (N-methyl/N-ethyl adjacent to an activating group) is 1. The Bertz CT molecular complexity index is 371. The summed E-state index contributed by atoms with van der Waals surface area (Å²) >= 11 is 0. The minimum atomic E-state index is -3.46. The Hall–Kier alpha value is -0.620. The molecular weight excluding hydrogens is 242 g/mol. The van der Waals surface area contributed by atoms with E-state index in [2.05, 4.69) is 0 Å². The Labute approximate surface area is 103 Å². The van der Waals surface area contributed by atoms with Gasteiger partial charge in [-0.15, -0.1) is 0 Å². The SMILES string of the molecule is CN(CC(=O)O)S(=O)(=O)CC1(C)CCCCC1. The molecule has 0 saturated heterocycles.